The van der Waals surface area contributed by atoms with Crippen LogP contribution >= 0.6 is 34.5 Å². The zero-order chi connectivity index (χ0) is 25.5. The summed E-state index contributed by atoms with van der Waals surface area (Å²) >= 11 is 13.2. The smallest absolute Gasteiger partial charge is 0.307 e. The largest absolute Gasteiger partial charge is 0.493 e. The number of carbonyl (C=O) groups is 2. The van der Waals surface area contributed by atoms with Crippen LogP contribution in [0.3, 0.4) is 0 Å². The molecule has 2 N–H and O–H groups in total. The molecule has 186 valence electrons. The second-order valence-electron chi connectivity index (χ2n) is 7.63. The second kappa shape index (κ2) is 12.1. The van der Waals surface area contributed by atoms with Gasteiger partial charge in [0, 0.05) is 22.2 Å². The van der Waals surface area contributed by atoms with E-state index in [2.05, 4.69) is 10.3 Å². The molecule has 0 spiro atoms. The van der Waals surface area contributed by atoms with Gasteiger partial charge >= 0.3 is 5.97 Å². The molecular weight excluding hydrogens is 515 g/mol. The van der Waals surface area contributed by atoms with Gasteiger partial charge in [0.15, 0.2) is 16.4 Å². The fraction of sp³-hybridized carbons (Fsp3) is 0.292. The first-order valence-electron chi connectivity index (χ1n) is 10.6. The number of carboxylic acid groups (broad SMARTS) is 1. The molecule has 0 saturated heterocycles. The van der Waals surface area contributed by atoms with Gasteiger partial charge in [0.25, 0.3) is 5.91 Å². The van der Waals surface area contributed by atoms with Crippen molar-refractivity contribution in [3.8, 4) is 17.4 Å². The van der Waals surface area contributed by atoms with Crippen molar-refractivity contribution in [2.45, 2.75) is 39.5 Å². The minimum absolute atomic E-state index is 0.0115. The molecule has 0 atom stereocenters. The van der Waals surface area contributed by atoms with E-state index < -0.39 is 5.97 Å². The number of thiazole rings is 1. The van der Waals surface area contributed by atoms with Gasteiger partial charge in [-0.05, 0) is 37.6 Å². The summed E-state index contributed by atoms with van der Waals surface area (Å²) in [4.78, 5) is 28.9. The summed E-state index contributed by atoms with van der Waals surface area (Å²) in [5, 5.41) is 13.5. The number of carbonyl (C=O) groups excluding carboxylic acids is 1. The first-order valence-corrected chi connectivity index (χ1v) is 12.1. The minimum Gasteiger partial charge on any atom is -0.493 e. The molecule has 0 radical (unpaired) electrons. The van der Waals surface area contributed by atoms with E-state index >= 15 is 0 Å². The molecule has 0 bridgehead atoms. The Labute approximate surface area is 216 Å². The summed E-state index contributed by atoms with van der Waals surface area (Å²) < 4.78 is 17.0. The Kier molecular flexibility index (Phi) is 9.20. The van der Waals surface area contributed by atoms with Crippen molar-refractivity contribution in [3.63, 3.8) is 0 Å². The summed E-state index contributed by atoms with van der Waals surface area (Å²) in [7, 11) is 1.47. The molecule has 0 fully saturated rings. The molecule has 35 heavy (non-hydrogen) atoms. The van der Waals surface area contributed by atoms with Gasteiger partial charge in [0.1, 0.15) is 11.6 Å². The Morgan fingerprint density at radius 2 is 1.94 bits per heavy atom. The van der Waals surface area contributed by atoms with Crippen LogP contribution in [0.4, 0.5) is 0 Å². The van der Waals surface area contributed by atoms with E-state index in [0.29, 0.717) is 37.7 Å². The van der Waals surface area contributed by atoms with Crippen molar-refractivity contribution in [2.24, 2.45) is 0 Å². The average molecular weight is 539 g/mol. The third-order valence-corrected chi connectivity index (χ3v) is 6.21. The second-order valence-corrected chi connectivity index (χ2v) is 9.56. The zero-order valence-electron chi connectivity index (χ0n) is 19.3. The molecule has 1 heterocycles. The quantitative estimate of drug-likeness (QED) is 0.337. The van der Waals surface area contributed by atoms with Crippen LogP contribution < -0.4 is 19.5 Å². The maximum absolute atomic E-state index is 12.9. The number of hydrogen-bond acceptors (Lipinski definition) is 7. The van der Waals surface area contributed by atoms with Gasteiger partial charge in [-0.15, -0.1) is 11.3 Å². The van der Waals surface area contributed by atoms with Gasteiger partial charge in [-0.1, -0.05) is 41.4 Å². The van der Waals surface area contributed by atoms with Crippen LogP contribution in [-0.4, -0.2) is 35.2 Å². The molecular formula is C24H24Cl2N2O6S. The number of methoxy groups -OCH3 is 1. The van der Waals surface area contributed by atoms with Crippen LogP contribution in [0.2, 0.25) is 10.0 Å². The molecule has 0 aliphatic carbocycles. The molecule has 1 aromatic heterocycles. The maximum Gasteiger partial charge on any atom is 0.307 e. The lowest BCUT2D eigenvalue weighted by Crippen LogP contribution is -2.23. The standard InChI is InChI=1S/C24H24Cl2N2O6S/c1-13(2)34-24-22(23(31)27-11-15-7-8-16(25)10-17(15)26)35-19(28-24)12-33-21-14(9-20(29)30)5-4-6-18(21)32-3/h4-8,10,13H,9,11-12H2,1-3H3,(H,27,31)(H,29,30). The highest BCUT2D eigenvalue weighted by atomic mass is 35.5. The lowest BCUT2D eigenvalue weighted by Gasteiger charge is -2.13. The number of carboxylic acids is 1. The summed E-state index contributed by atoms with van der Waals surface area (Å²) in [6, 6.07) is 10.1. The average Bonchev–Trinajstić information content (AvgIpc) is 3.18. The predicted octanol–water partition coefficient (Wildman–Crippen LogP) is 5.38. The molecule has 2 aromatic carbocycles. The van der Waals surface area contributed by atoms with Crippen LogP contribution in [0.25, 0.3) is 0 Å². The number of halogens is 2. The van der Waals surface area contributed by atoms with E-state index in [1.165, 1.54) is 7.11 Å². The number of benzene rings is 2. The first kappa shape index (κ1) is 26.6. The number of nitrogens with zero attached hydrogens (tertiary/aromatic N) is 1. The Morgan fingerprint density at radius 3 is 2.60 bits per heavy atom. The van der Waals surface area contributed by atoms with Crippen molar-refractivity contribution in [1.29, 1.82) is 0 Å². The Hall–Kier alpha value is -3.01. The summed E-state index contributed by atoms with van der Waals surface area (Å²) in [6.45, 7) is 3.84. The highest BCUT2D eigenvalue weighted by Crippen LogP contribution is 2.34. The molecule has 0 saturated carbocycles. The van der Waals surface area contributed by atoms with E-state index in [-0.39, 0.29) is 42.3 Å². The molecule has 11 heteroatoms. The highest BCUT2D eigenvalue weighted by Gasteiger charge is 2.22. The number of aliphatic carboxylic acids is 1. The van der Waals surface area contributed by atoms with Crippen LogP contribution in [0.15, 0.2) is 36.4 Å². The lowest BCUT2D eigenvalue weighted by atomic mass is 10.1. The van der Waals surface area contributed by atoms with Crippen molar-refractivity contribution >= 4 is 46.4 Å². The number of nitrogens with one attached hydrogen (secondary N) is 1. The minimum atomic E-state index is -0.996. The normalized spacial score (nSPS) is 10.8. The van der Waals surface area contributed by atoms with Crippen molar-refractivity contribution in [3.05, 3.63) is 67.5 Å². The van der Waals surface area contributed by atoms with Crippen LogP contribution in [0.1, 0.15) is 39.7 Å². The predicted molar refractivity (Wildman–Crippen MR) is 134 cm³/mol. The molecule has 0 unspecified atom stereocenters. The fourth-order valence-electron chi connectivity index (χ4n) is 3.10. The fourth-order valence-corrected chi connectivity index (χ4v) is 4.40. The van der Waals surface area contributed by atoms with Crippen LogP contribution in [0.5, 0.6) is 17.4 Å². The number of para-hydroxylation sites is 1. The van der Waals surface area contributed by atoms with E-state index in [1.807, 2.05) is 13.8 Å². The Bertz CT molecular complexity index is 1210. The van der Waals surface area contributed by atoms with E-state index in [0.717, 1.165) is 11.3 Å². The van der Waals surface area contributed by atoms with Crippen LogP contribution in [-0.2, 0) is 24.4 Å². The molecule has 0 aliphatic heterocycles. The zero-order valence-corrected chi connectivity index (χ0v) is 21.6. The van der Waals surface area contributed by atoms with Gasteiger partial charge in [0.2, 0.25) is 5.88 Å². The third kappa shape index (κ3) is 7.24. The monoisotopic (exact) mass is 538 g/mol. The van der Waals surface area contributed by atoms with Gasteiger partial charge in [-0.3, -0.25) is 9.59 Å². The van der Waals surface area contributed by atoms with Gasteiger partial charge in [-0.25, -0.2) is 4.98 Å². The summed E-state index contributed by atoms with van der Waals surface area (Å²) in [6.07, 6.45) is -0.438. The molecule has 8 nitrogen and oxygen atoms in total. The van der Waals surface area contributed by atoms with Crippen molar-refractivity contribution < 1.29 is 28.9 Å². The highest BCUT2D eigenvalue weighted by molar-refractivity contribution is 7.14. The third-order valence-electron chi connectivity index (χ3n) is 4.61. The number of aromatic nitrogens is 1. The maximum atomic E-state index is 12.9. The molecule has 0 aliphatic rings. The van der Waals surface area contributed by atoms with Crippen molar-refractivity contribution in [2.75, 3.05) is 7.11 Å². The van der Waals surface area contributed by atoms with Crippen molar-refractivity contribution in [1.82, 2.24) is 10.3 Å². The topological polar surface area (TPSA) is 107 Å². The first-order chi connectivity index (χ1) is 16.7. The SMILES string of the molecule is COc1cccc(CC(=O)O)c1OCc1nc(OC(C)C)c(C(=O)NCc2ccc(Cl)cc2Cl)s1. The number of ether oxygens (including phenoxy) is 3. The molecule has 1 amide bonds. The Balaban J connectivity index is 1.79. The van der Waals surface area contributed by atoms with E-state index in [1.54, 1.807) is 36.4 Å². The van der Waals surface area contributed by atoms with Gasteiger partial charge in [0.05, 0.1) is 19.6 Å². The lowest BCUT2D eigenvalue weighted by molar-refractivity contribution is -0.136. The number of hydrogen-bond donors (Lipinski definition) is 2. The van der Waals surface area contributed by atoms with Crippen LogP contribution in [0, 0.1) is 0 Å². The van der Waals surface area contributed by atoms with E-state index in [9.17, 15) is 14.7 Å². The Morgan fingerprint density at radius 1 is 1.17 bits per heavy atom. The molecule has 3 rings (SSSR count). The number of amides is 1. The van der Waals surface area contributed by atoms with Gasteiger partial charge in [-0.2, -0.15) is 0 Å². The molecule has 3 aromatic rings. The summed E-state index contributed by atoms with van der Waals surface area (Å²) in [5.41, 5.74) is 1.18. The van der Waals surface area contributed by atoms with Gasteiger partial charge < -0.3 is 24.6 Å². The summed E-state index contributed by atoms with van der Waals surface area (Å²) in [5.74, 6) is -0.475. The number of rotatable bonds is 11. The van der Waals surface area contributed by atoms with E-state index in [4.69, 9.17) is 37.4 Å².